The number of benzene rings is 1. The van der Waals surface area contributed by atoms with Gasteiger partial charge in [0, 0.05) is 6.04 Å². The maximum Gasteiger partial charge on any atom is 0.262 e. The van der Waals surface area contributed by atoms with Gasteiger partial charge in [0.15, 0.2) is 0 Å². The highest BCUT2D eigenvalue weighted by atomic mass is 16.1. The lowest BCUT2D eigenvalue weighted by molar-refractivity contribution is -0.117. The molecule has 0 spiro atoms. The zero-order chi connectivity index (χ0) is 12.8. The van der Waals surface area contributed by atoms with Crippen LogP contribution in [0.3, 0.4) is 0 Å². The van der Waals surface area contributed by atoms with E-state index in [2.05, 4.69) is 5.32 Å². The van der Waals surface area contributed by atoms with Crippen molar-refractivity contribution in [1.29, 1.82) is 5.26 Å². The smallest absolute Gasteiger partial charge is 0.262 e. The number of nitrogens with zero attached hydrogens (tertiary/aromatic N) is 1. The van der Waals surface area contributed by atoms with Crippen LogP contribution in [-0.2, 0) is 4.79 Å². The predicted molar refractivity (Wildman–Crippen MR) is 68.0 cm³/mol. The Morgan fingerprint density at radius 3 is 2.71 bits per heavy atom. The zero-order valence-electron chi connectivity index (χ0n) is 10.3. The first-order chi connectivity index (χ1) is 8.02. The molecule has 0 saturated carbocycles. The van der Waals surface area contributed by atoms with Crippen LogP contribution in [0.15, 0.2) is 29.8 Å². The third-order valence-corrected chi connectivity index (χ3v) is 2.14. The summed E-state index contributed by atoms with van der Waals surface area (Å²) < 4.78 is 0. The number of nitriles is 1. The second kappa shape index (κ2) is 5.86. The van der Waals surface area contributed by atoms with Crippen LogP contribution < -0.4 is 5.32 Å². The van der Waals surface area contributed by atoms with E-state index in [0.29, 0.717) is 0 Å². The molecule has 0 aliphatic rings. The van der Waals surface area contributed by atoms with Gasteiger partial charge in [-0.3, -0.25) is 4.79 Å². The van der Waals surface area contributed by atoms with E-state index in [1.54, 1.807) is 6.08 Å². The average Bonchev–Trinajstić information content (AvgIpc) is 2.24. The summed E-state index contributed by atoms with van der Waals surface area (Å²) in [5.74, 6) is -0.330. The van der Waals surface area contributed by atoms with Crippen molar-refractivity contribution in [1.82, 2.24) is 5.32 Å². The van der Waals surface area contributed by atoms with Gasteiger partial charge in [0.05, 0.1) is 0 Å². The lowest BCUT2D eigenvalue weighted by Crippen LogP contribution is -2.30. The quantitative estimate of drug-likeness (QED) is 0.638. The SMILES string of the molecule is Cc1cccc(/C=C(\C#N)C(=O)NC(C)C)c1. The van der Waals surface area contributed by atoms with E-state index in [1.165, 1.54) is 0 Å². The molecule has 0 heterocycles. The number of nitrogens with one attached hydrogen (secondary N) is 1. The van der Waals surface area contributed by atoms with Crippen LogP contribution in [0.25, 0.3) is 6.08 Å². The van der Waals surface area contributed by atoms with Crippen molar-refractivity contribution in [2.24, 2.45) is 0 Å². The Hall–Kier alpha value is -2.08. The average molecular weight is 228 g/mol. The van der Waals surface area contributed by atoms with E-state index in [0.717, 1.165) is 11.1 Å². The molecule has 0 aromatic heterocycles. The fraction of sp³-hybridized carbons (Fsp3) is 0.286. The van der Waals surface area contributed by atoms with Crippen molar-refractivity contribution in [2.45, 2.75) is 26.8 Å². The van der Waals surface area contributed by atoms with Gasteiger partial charge in [-0.15, -0.1) is 0 Å². The third kappa shape index (κ3) is 4.12. The molecule has 1 amide bonds. The van der Waals surface area contributed by atoms with Gasteiger partial charge in [-0.2, -0.15) is 5.26 Å². The standard InChI is InChI=1S/C14H16N2O/c1-10(2)16-14(17)13(9-15)8-12-6-4-5-11(3)7-12/h4-8,10H,1-3H3,(H,16,17)/b13-8+. The lowest BCUT2D eigenvalue weighted by Gasteiger charge is -2.07. The van der Waals surface area contributed by atoms with Gasteiger partial charge in [-0.1, -0.05) is 29.8 Å². The number of aryl methyl sites for hydroxylation is 1. The second-order valence-electron chi connectivity index (χ2n) is 4.21. The Labute approximate surface area is 102 Å². The number of carbonyl (C=O) groups is 1. The maximum atomic E-state index is 11.7. The molecular weight excluding hydrogens is 212 g/mol. The maximum absolute atomic E-state index is 11.7. The molecule has 0 unspecified atom stereocenters. The molecule has 1 N–H and O–H groups in total. The number of hydrogen-bond donors (Lipinski definition) is 1. The molecule has 1 rings (SSSR count). The highest BCUT2D eigenvalue weighted by Gasteiger charge is 2.09. The minimum absolute atomic E-state index is 0.0248. The number of hydrogen-bond acceptors (Lipinski definition) is 2. The van der Waals surface area contributed by atoms with E-state index < -0.39 is 0 Å². The molecular formula is C14H16N2O. The van der Waals surface area contributed by atoms with E-state index >= 15 is 0 Å². The molecule has 3 heteroatoms. The van der Waals surface area contributed by atoms with Crippen molar-refractivity contribution in [3.63, 3.8) is 0 Å². The highest BCUT2D eigenvalue weighted by molar-refractivity contribution is 6.01. The predicted octanol–water partition coefficient (Wildman–Crippen LogP) is 2.43. The van der Waals surface area contributed by atoms with E-state index in [4.69, 9.17) is 5.26 Å². The van der Waals surface area contributed by atoms with Crippen molar-refractivity contribution in [3.05, 3.63) is 41.0 Å². The van der Waals surface area contributed by atoms with Crippen molar-refractivity contribution < 1.29 is 4.79 Å². The molecule has 0 radical (unpaired) electrons. The topological polar surface area (TPSA) is 52.9 Å². The van der Waals surface area contributed by atoms with Gasteiger partial charge in [0.2, 0.25) is 0 Å². The molecule has 1 aromatic rings. The monoisotopic (exact) mass is 228 g/mol. The first kappa shape index (κ1) is 13.0. The van der Waals surface area contributed by atoms with Gasteiger partial charge in [0.25, 0.3) is 5.91 Å². The number of carbonyl (C=O) groups excluding carboxylic acids is 1. The molecule has 17 heavy (non-hydrogen) atoms. The third-order valence-electron chi connectivity index (χ3n) is 2.14. The molecule has 0 saturated heterocycles. The van der Waals surface area contributed by atoms with E-state index in [9.17, 15) is 4.79 Å². The summed E-state index contributed by atoms with van der Waals surface area (Å²) in [5.41, 5.74) is 2.09. The van der Waals surface area contributed by atoms with Crippen LogP contribution in [-0.4, -0.2) is 11.9 Å². The first-order valence-electron chi connectivity index (χ1n) is 5.52. The summed E-state index contributed by atoms with van der Waals surface area (Å²) in [6.07, 6.45) is 1.60. The molecule has 0 atom stereocenters. The van der Waals surface area contributed by atoms with Crippen LogP contribution >= 0.6 is 0 Å². The van der Waals surface area contributed by atoms with E-state index in [-0.39, 0.29) is 17.5 Å². The molecule has 0 aliphatic heterocycles. The minimum Gasteiger partial charge on any atom is -0.349 e. The Bertz CT molecular complexity index is 481. The van der Waals surface area contributed by atoms with Crippen LogP contribution in [0.1, 0.15) is 25.0 Å². The molecule has 0 fully saturated rings. The summed E-state index contributed by atoms with van der Waals surface area (Å²) in [7, 11) is 0. The summed E-state index contributed by atoms with van der Waals surface area (Å²) >= 11 is 0. The molecule has 1 aromatic carbocycles. The van der Waals surface area contributed by atoms with E-state index in [1.807, 2.05) is 51.1 Å². The van der Waals surface area contributed by atoms with Crippen molar-refractivity contribution in [3.8, 4) is 6.07 Å². The van der Waals surface area contributed by atoms with Crippen LogP contribution in [0.4, 0.5) is 0 Å². The van der Waals surface area contributed by atoms with Crippen molar-refractivity contribution >= 4 is 12.0 Å². The summed E-state index contributed by atoms with van der Waals surface area (Å²) in [6.45, 7) is 5.69. The molecule has 0 aliphatic carbocycles. The van der Waals surface area contributed by atoms with Crippen LogP contribution in [0, 0.1) is 18.3 Å². The lowest BCUT2D eigenvalue weighted by atomic mass is 10.1. The minimum atomic E-state index is -0.330. The largest absolute Gasteiger partial charge is 0.349 e. The number of amides is 1. The second-order valence-corrected chi connectivity index (χ2v) is 4.21. The van der Waals surface area contributed by atoms with Crippen LogP contribution in [0.5, 0.6) is 0 Å². The van der Waals surface area contributed by atoms with Gasteiger partial charge in [-0.05, 0) is 32.4 Å². The van der Waals surface area contributed by atoms with Crippen molar-refractivity contribution in [2.75, 3.05) is 0 Å². The normalized spacial score (nSPS) is 11.1. The van der Waals surface area contributed by atoms with Gasteiger partial charge in [0.1, 0.15) is 11.6 Å². The van der Waals surface area contributed by atoms with Crippen LogP contribution in [0.2, 0.25) is 0 Å². The summed E-state index contributed by atoms with van der Waals surface area (Å²) in [4.78, 5) is 11.7. The molecule has 0 bridgehead atoms. The summed E-state index contributed by atoms with van der Waals surface area (Å²) in [6, 6.07) is 9.62. The van der Waals surface area contributed by atoms with Gasteiger partial charge >= 0.3 is 0 Å². The summed E-state index contributed by atoms with van der Waals surface area (Å²) in [5, 5.41) is 11.7. The fourth-order valence-corrected chi connectivity index (χ4v) is 1.42. The Morgan fingerprint density at radius 2 is 2.18 bits per heavy atom. The van der Waals surface area contributed by atoms with Gasteiger partial charge in [-0.25, -0.2) is 0 Å². The van der Waals surface area contributed by atoms with Gasteiger partial charge < -0.3 is 5.32 Å². The molecule has 88 valence electrons. The fourth-order valence-electron chi connectivity index (χ4n) is 1.42. The molecule has 3 nitrogen and oxygen atoms in total. The zero-order valence-corrected chi connectivity index (χ0v) is 10.3. The Morgan fingerprint density at radius 1 is 1.47 bits per heavy atom. The Kier molecular flexibility index (Phi) is 4.47. The highest BCUT2D eigenvalue weighted by Crippen LogP contribution is 2.09. The Balaban J connectivity index is 2.95. The number of rotatable bonds is 3. The first-order valence-corrected chi connectivity index (χ1v) is 5.52.